The summed E-state index contributed by atoms with van der Waals surface area (Å²) in [6.07, 6.45) is 0. The van der Waals surface area contributed by atoms with E-state index < -0.39 is 5.82 Å². The third-order valence-corrected chi connectivity index (χ3v) is 5.84. The zero-order valence-electron chi connectivity index (χ0n) is 16.9. The number of aromatic nitrogens is 3. The van der Waals surface area contributed by atoms with Crippen LogP contribution in [0.4, 0.5) is 15.8 Å². The van der Waals surface area contributed by atoms with Crippen LogP contribution in [0.3, 0.4) is 0 Å². The topological polar surface area (TPSA) is 89.4 Å². The number of fused-ring (bicyclic) bond motifs is 1. The number of nitrogens with zero attached hydrogens (tertiary/aromatic N) is 4. The molecule has 10 heteroatoms. The molecule has 2 amide bonds. The zero-order valence-corrected chi connectivity index (χ0v) is 17.7. The molecule has 160 valence electrons. The number of rotatable bonds is 6. The van der Waals surface area contributed by atoms with Gasteiger partial charge in [0.05, 0.1) is 17.5 Å². The summed E-state index contributed by atoms with van der Waals surface area (Å²) in [7, 11) is 1.79. The minimum Gasteiger partial charge on any atom is -0.482 e. The lowest BCUT2D eigenvalue weighted by molar-refractivity contribution is -0.121. The van der Waals surface area contributed by atoms with Gasteiger partial charge in [-0.25, -0.2) is 4.39 Å². The highest BCUT2D eigenvalue weighted by Crippen LogP contribution is 2.37. The highest BCUT2D eigenvalue weighted by atomic mass is 32.2. The maximum Gasteiger partial charge on any atom is 0.265 e. The van der Waals surface area contributed by atoms with E-state index in [-0.39, 0.29) is 30.2 Å². The molecule has 0 aliphatic carbocycles. The molecule has 3 aromatic rings. The summed E-state index contributed by atoms with van der Waals surface area (Å²) in [6, 6.07) is 12.7. The Morgan fingerprint density at radius 3 is 2.87 bits per heavy atom. The number of hydrogen-bond acceptors (Lipinski definition) is 6. The number of benzene rings is 2. The SMILES string of the molecule is C[C@@H](c1nnc(SCC(=O)Nc2cccc(F)c2)n1C)N1C(=O)COc2ccccc21. The van der Waals surface area contributed by atoms with Crippen molar-refractivity contribution in [2.24, 2.45) is 7.05 Å². The molecule has 1 aliphatic rings. The van der Waals surface area contributed by atoms with Crippen LogP contribution in [-0.2, 0) is 16.6 Å². The molecule has 0 radical (unpaired) electrons. The lowest BCUT2D eigenvalue weighted by Gasteiger charge is -2.33. The van der Waals surface area contributed by atoms with Crippen molar-refractivity contribution in [2.45, 2.75) is 18.1 Å². The van der Waals surface area contributed by atoms with Gasteiger partial charge in [0.15, 0.2) is 17.6 Å². The van der Waals surface area contributed by atoms with Crippen molar-refractivity contribution in [2.75, 3.05) is 22.6 Å². The Balaban J connectivity index is 1.46. The van der Waals surface area contributed by atoms with E-state index in [0.29, 0.717) is 28.1 Å². The summed E-state index contributed by atoms with van der Waals surface area (Å²) in [5.41, 5.74) is 1.07. The fourth-order valence-electron chi connectivity index (χ4n) is 3.37. The summed E-state index contributed by atoms with van der Waals surface area (Å²) in [4.78, 5) is 26.4. The van der Waals surface area contributed by atoms with Crippen molar-refractivity contribution >= 4 is 35.0 Å². The minimum atomic E-state index is -0.420. The first-order chi connectivity index (χ1) is 14.9. The van der Waals surface area contributed by atoms with Crippen molar-refractivity contribution in [1.29, 1.82) is 0 Å². The van der Waals surface area contributed by atoms with Crippen LogP contribution in [0.15, 0.2) is 53.7 Å². The number of thioether (sulfide) groups is 1. The number of halogens is 1. The number of anilines is 2. The number of ether oxygens (including phenoxy) is 1. The van der Waals surface area contributed by atoms with Crippen molar-refractivity contribution in [1.82, 2.24) is 14.8 Å². The molecule has 0 spiro atoms. The molecule has 1 N–H and O–H groups in total. The van der Waals surface area contributed by atoms with Crippen LogP contribution in [0.5, 0.6) is 5.75 Å². The first kappa shape index (κ1) is 20.9. The van der Waals surface area contributed by atoms with Crippen molar-refractivity contribution < 1.29 is 18.7 Å². The first-order valence-electron chi connectivity index (χ1n) is 9.55. The van der Waals surface area contributed by atoms with E-state index >= 15 is 0 Å². The highest BCUT2D eigenvalue weighted by Gasteiger charge is 2.32. The van der Waals surface area contributed by atoms with Crippen molar-refractivity contribution in [3.63, 3.8) is 0 Å². The van der Waals surface area contributed by atoms with Gasteiger partial charge in [-0.1, -0.05) is 30.0 Å². The van der Waals surface area contributed by atoms with Gasteiger partial charge in [0.25, 0.3) is 5.91 Å². The van der Waals surface area contributed by atoms with Crippen molar-refractivity contribution in [3.8, 4) is 5.75 Å². The normalized spacial score (nSPS) is 14.0. The van der Waals surface area contributed by atoms with Gasteiger partial charge < -0.3 is 14.6 Å². The predicted octanol–water partition coefficient (Wildman–Crippen LogP) is 3.17. The molecule has 8 nitrogen and oxygen atoms in total. The summed E-state index contributed by atoms with van der Waals surface area (Å²) in [5.74, 6) is 0.425. The van der Waals surface area contributed by atoms with Gasteiger partial charge in [0.1, 0.15) is 11.6 Å². The van der Waals surface area contributed by atoms with E-state index in [1.54, 1.807) is 22.6 Å². The number of nitrogens with one attached hydrogen (secondary N) is 1. The van der Waals surface area contributed by atoms with Crippen LogP contribution in [0.25, 0.3) is 0 Å². The number of amides is 2. The van der Waals surface area contributed by atoms with Gasteiger partial charge >= 0.3 is 0 Å². The van der Waals surface area contributed by atoms with E-state index in [1.165, 1.54) is 30.0 Å². The van der Waals surface area contributed by atoms with Crippen LogP contribution in [0.2, 0.25) is 0 Å². The molecule has 0 bridgehead atoms. The average Bonchev–Trinajstić information content (AvgIpc) is 3.12. The van der Waals surface area contributed by atoms with E-state index in [2.05, 4.69) is 15.5 Å². The molecule has 0 saturated heterocycles. The molecule has 1 aromatic heterocycles. The molecule has 1 aliphatic heterocycles. The lowest BCUT2D eigenvalue weighted by Crippen LogP contribution is -2.41. The number of para-hydroxylation sites is 2. The number of hydrogen-bond donors (Lipinski definition) is 1. The summed E-state index contributed by atoms with van der Waals surface area (Å²) >= 11 is 1.21. The van der Waals surface area contributed by atoms with Crippen LogP contribution in [0, 0.1) is 5.82 Å². The molecule has 0 fully saturated rings. The van der Waals surface area contributed by atoms with Gasteiger partial charge in [-0.15, -0.1) is 10.2 Å². The fraction of sp³-hybridized carbons (Fsp3) is 0.238. The molecule has 2 aromatic carbocycles. The molecule has 2 heterocycles. The standard InChI is InChI=1S/C21H20FN5O3S/c1-13(27-16-8-3-4-9-17(16)30-11-19(27)29)20-24-25-21(26(20)2)31-12-18(28)23-15-7-5-6-14(22)10-15/h3-10,13H,11-12H2,1-2H3,(H,23,28)/t13-/m0/s1. The van der Waals surface area contributed by atoms with Gasteiger partial charge in [-0.2, -0.15) is 0 Å². The smallest absolute Gasteiger partial charge is 0.265 e. The fourth-order valence-corrected chi connectivity index (χ4v) is 4.09. The third-order valence-electron chi connectivity index (χ3n) is 4.81. The van der Waals surface area contributed by atoms with E-state index in [1.807, 2.05) is 31.2 Å². The average molecular weight is 441 g/mol. The largest absolute Gasteiger partial charge is 0.482 e. The first-order valence-corrected chi connectivity index (χ1v) is 10.5. The van der Waals surface area contributed by atoms with E-state index in [9.17, 15) is 14.0 Å². The second-order valence-corrected chi connectivity index (χ2v) is 7.89. The number of carbonyl (C=O) groups excluding carboxylic acids is 2. The monoisotopic (exact) mass is 441 g/mol. The zero-order chi connectivity index (χ0) is 22.0. The quantitative estimate of drug-likeness (QED) is 0.591. The molecular formula is C21H20FN5O3S. The van der Waals surface area contributed by atoms with Crippen LogP contribution >= 0.6 is 11.8 Å². The van der Waals surface area contributed by atoms with E-state index in [4.69, 9.17) is 4.74 Å². The van der Waals surface area contributed by atoms with Gasteiger partial charge in [-0.3, -0.25) is 14.5 Å². The summed E-state index contributed by atoms with van der Waals surface area (Å²) < 4.78 is 20.5. The van der Waals surface area contributed by atoms with Crippen LogP contribution in [-0.4, -0.2) is 38.9 Å². The Hall–Kier alpha value is -3.40. The Labute approximate surface area is 182 Å². The van der Waals surface area contributed by atoms with E-state index in [0.717, 1.165) is 0 Å². The molecule has 0 unspecified atom stereocenters. The molecule has 31 heavy (non-hydrogen) atoms. The highest BCUT2D eigenvalue weighted by molar-refractivity contribution is 7.99. The second kappa shape index (κ2) is 8.76. The predicted molar refractivity (Wildman–Crippen MR) is 115 cm³/mol. The number of carbonyl (C=O) groups is 2. The maximum atomic E-state index is 13.3. The molecule has 1 atom stereocenters. The second-order valence-electron chi connectivity index (χ2n) is 6.94. The maximum absolute atomic E-state index is 13.3. The van der Waals surface area contributed by atoms with Crippen LogP contribution in [0.1, 0.15) is 18.8 Å². The Kier molecular flexibility index (Phi) is 5.90. The Morgan fingerprint density at radius 2 is 2.06 bits per heavy atom. The summed E-state index contributed by atoms with van der Waals surface area (Å²) in [6.45, 7) is 1.83. The molecule has 4 rings (SSSR count). The van der Waals surface area contributed by atoms with Crippen molar-refractivity contribution in [3.05, 3.63) is 60.2 Å². The van der Waals surface area contributed by atoms with Gasteiger partial charge in [0, 0.05) is 12.7 Å². The lowest BCUT2D eigenvalue weighted by atomic mass is 10.1. The molecular weight excluding hydrogens is 421 g/mol. The van der Waals surface area contributed by atoms with Crippen LogP contribution < -0.4 is 15.0 Å². The van der Waals surface area contributed by atoms with Gasteiger partial charge in [0.2, 0.25) is 5.91 Å². The third kappa shape index (κ3) is 4.38. The Morgan fingerprint density at radius 1 is 1.26 bits per heavy atom. The van der Waals surface area contributed by atoms with Gasteiger partial charge in [-0.05, 0) is 37.3 Å². The Bertz CT molecular complexity index is 1140. The minimum absolute atomic E-state index is 0.0406. The molecule has 0 saturated carbocycles. The summed E-state index contributed by atoms with van der Waals surface area (Å²) in [5, 5.41) is 11.6.